The molecule has 4 aromatic rings. The third-order valence-corrected chi connectivity index (χ3v) is 5.62. The van der Waals surface area contributed by atoms with Gasteiger partial charge in [-0.3, -0.25) is 14.0 Å². The number of rotatable bonds is 4. The molecule has 0 atom stereocenters. The predicted molar refractivity (Wildman–Crippen MR) is 116 cm³/mol. The Bertz CT molecular complexity index is 1250. The SMILES string of the molecule is Cc1ccc(-c2nc3ccc(C)cn3c2C(=O)Nc2sc(C)cc2C(N)=O)cc1. The van der Waals surface area contributed by atoms with Crippen LogP contribution in [-0.2, 0) is 0 Å². The lowest BCUT2D eigenvalue weighted by Crippen LogP contribution is -2.18. The number of hydrogen-bond acceptors (Lipinski definition) is 4. The van der Waals surface area contributed by atoms with Crippen molar-refractivity contribution in [3.8, 4) is 11.3 Å². The van der Waals surface area contributed by atoms with Gasteiger partial charge in [0, 0.05) is 16.6 Å². The zero-order chi connectivity index (χ0) is 20.7. The first kappa shape index (κ1) is 18.9. The smallest absolute Gasteiger partial charge is 0.275 e. The monoisotopic (exact) mass is 404 g/mol. The molecule has 7 heteroatoms. The molecule has 2 amide bonds. The Balaban J connectivity index is 1.86. The maximum Gasteiger partial charge on any atom is 0.275 e. The molecule has 146 valence electrons. The van der Waals surface area contributed by atoms with Gasteiger partial charge in [0.2, 0.25) is 0 Å². The first-order chi connectivity index (χ1) is 13.8. The van der Waals surface area contributed by atoms with E-state index < -0.39 is 5.91 Å². The van der Waals surface area contributed by atoms with Crippen LogP contribution in [-0.4, -0.2) is 21.2 Å². The Kier molecular flexibility index (Phi) is 4.68. The fourth-order valence-corrected chi connectivity index (χ4v) is 4.14. The quantitative estimate of drug-likeness (QED) is 0.530. The second-order valence-electron chi connectivity index (χ2n) is 7.03. The number of anilines is 1. The number of aryl methyl sites for hydroxylation is 3. The lowest BCUT2D eigenvalue weighted by molar-refractivity contribution is 0.100. The van der Waals surface area contributed by atoms with Crippen LogP contribution >= 0.6 is 11.3 Å². The van der Waals surface area contributed by atoms with Crippen LogP contribution < -0.4 is 11.1 Å². The van der Waals surface area contributed by atoms with Gasteiger partial charge in [-0.1, -0.05) is 35.9 Å². The molecule has 1 aromatic carbocycles. The topological polar surface area (TPSA) is 89.5 Å². The number of pyridine rings is 1. The summed E-state index contributed by atoms with van der Waals surface area (Å²) in [6.07, 6.45) is 1.88. The summed E-state index contributed by atoms with van der Waals surface area (Å²) < 4.78 is 1.78. The number of fused-ring (bicyclic) bond motifs is 1. The Labute approximate surface area is 172 Å². The average molecular weight is 404 g/mol. The molecule has 0 saturated carbocycles. The molecule has 0 bridgehead atoms. The molecule has 6 nitrogen and oxygen atoms in total. The normalized spacial score (nSPS) is 11.0. The number of imidazole rings is 1. The molecule has 0 aliphatic heterocycles. The summed E-state index contributed by atoms with van der Waals surface area (Å²) >= 11 is 1.32. The summed E-state index contributed by atoms with van der Waals surface area (Å²) in [6, 6.07) is 13.4. The van der Waals surface area contributed by atoms with Crippen LogP contribution in [0.5, 0.6) is 0 Å². The number of nitrogens with two attached hydrogens (primary N) is 1. The molecule has 3 aromatic heterocycles. The van der Waals surface area contributed by atoms with Gasteiger partial charge in [0.1, 0.15) is 22.0 Å². The lowest BCUT2D eigenvalue weighted by Gasteiger charge is -2.08. The van der Waals surface area contributed by atoms with Crippen molar-refractivity contribution in [2.24, 2.45) is 5.73 Å². The lowest BCUT2D eigenvalue weighted by atomic mass is 10.1. The van der Waals surface area contributed by atoms with Gasteiger partial charge in [0.25, 0.3) is 11.8 Å². The highest BCUT2D eigenvalue weighted by Gasteiger charge is 2.23. The number of primary amides is 1. The largest absolute Gasteiger partial charge is 0.366 e. The molecule has 29 heavy (non-hydrogen) atoms. The zero-order valence-corrected chi connectivity index (χ0v) is 17.1. The van der Waals surface area contributed by atoms with Crippen LogP contribution in [0.2, 0.25) is 0 Å². The van der Waals surface area contributed by atoms with Crippen molar-refractivity contribution in [3.05, 3.63) is 75.9 Å². The van der Waals surface area contributed by atoms with Crippen molar-refractivity contribution in [2.45, 2.75) is 20.8 Å². The molecule has 0 unspecified atom stereocenters. The van der Waals surface area contributed by atoms with Crippen molar-refractivity contribution in [3.63, 3.8) is 0 Å². The van der Waals surface area contributed by atoms with Crippen molar-refractivity contribution in [2.75, 3.05) is 5.32 Å². The number of carbonyl (C=O) groups excluding carboxylic acids is 2. The number of amides is 2. The Morgan fingerprint density at radius 1 is 1.03 bits per heavy atom. The average Bonchev–Trinajstić information content (AvgIpc) is 3.22. The van der Waals surface area contributed by atoms with E-state index in [1.54, 1.807) is 10.5 Å². The molecule has 0 spiro atoms. The van der Waals surface area contributed by atoms with Crippen LogP contribution in [0, 0.1) is 20.8 Å². The van der Waals surface area contributed by atoms with Crippen LogP contribution in [0.25, 0.3) is 16.9 Å². The van der Waals surface area contributed by atoms with Crippen molar-refractivity contribution in [1.82, 2.24) is 9.38 Å². The van der Waals surface area contributed by atoms with E-state index in [4.69, 9.17) is 10.7 Å². The summed E-state index contributed by atoms with van der Waals surface area (Å²) in [7, 11) is 0. The third kappa shape index (κ3) is 3.52. The second-order valence-corrected chi connectivity index (χ2v) is 8.28. The van der Waals surface area contributed by atoms with Crippen molar-refractivity contribution < 1.29 is 9.59 Å². The first-order valence-electron chi connectivity index (χ1n) is 9.11. The van der Waals surface area contributed by atoms with E-state index in [1.165, 1.54) is 11.3 Å². The zero-order valence-electron chi connectivity index (χ0n) is 16.3. The number of aromatic nitrogens is 2. The van der Waals surface area contributed by atoms with E-state index in [1.807, 2.05) is 63.4 Å². The van der Waals surface area contributed by atoms with Gasteiger partial charge in [0.15, 0.2) is 0 Å². The Morgan fingerprint density at radius 2 is 1.72 bits per heavy atom. The Morgan fingerprint density at radius 3 is 2.41 bits per heavy atom. The molecule has 3 N–H and O–H groups in total. The highest BCUT2D eigenvalue weighted by Crippen LogP contribution is 2.30. The molecule has 0 aliphatic carbocycles. The standard InChI is InChI=1S/C22H20N4O2S/c1-12-4-7-15(8-5-12)18-19(26-11-13(2)6-9-17(26)24-18)21(28)25-22-16(20(23)27)10-14(3)29-22/h4-11H,1-3H3,(H2,23,27)(H,25,28). The predicted octanol–water partition coefficient (Wildman–Crippen LogP) is 4.34. The van der Waals surface area contributed by atoms with Crippen LogP contribution in [0.1, 0.15) is 36.9 Å². The minimum absolute atomic E-state index is 0.308. The van der Waals surface area contributed by atoms with Gasteiger partial charge in [0.05, 0.1) is 5.56 Å². The maximum atomic E-state index is 13.3. The van der Waals surface area contributed by atoms with E-state index in [0.717, 1.165) is 21.6 Å². The molecule has 0 radical (unpaired) electrons. The van der Waals surface area contributed by atoms with E-state index >= 15 is 0 Å². The molecular formula is C22H20N4O2S. The van der Waals surface area contributed by atoms with Crippen molar-refractivity contribution >= 4 is 33.8 Å². The summed E-state index contributed by atoms with van der Waals surface area (Å²) in [6.45, 7) is 5.83. The van der Waals surface area contributed by atoms with Gasteiger partial charge in [-0.15, -0.1) is 11.3 Å². The molecule has 0 aliphatic rings. The fraction of sp³-hybridized carbons (Fsp3) is 0.136. The van der Waals surface area contributed by atoms with Crippen LogP contribution in [0.15, 0.2) is 48.7 Å². The van der Waals surface area contributed by atoms with Gasteiger partial charge in [-0.2, -0.15) is 0 Å². The fourth-order valence-electron chi connectivity index (χ4n) is 3.23. The van der Waals surface area contributed by atoms with E-state index in [2.05, 4.69) is 5.32 Å². The number of benzene rings is 1. The summed E-state index contributed by atoms with van der Waals surface area (Å²) in [5.74, 6) is -0.916. The highest BCUT2D eigenvalue weighted by atomic mass is 32.1. The van der Waals surface area contributed by atoms with Crippen LogP contribution in [0.3, 0.4) is 0 Å². The van der Waals surface area contributed by atoms with E-state index in [-0.39, 0.29) is 5.91 Å². The number of nitrogens with one attached hydrogen (secondary N) is 1. The number of thiophene rings is 1. The minimum Gasteiger partial charge on any atom is -0.366 e. The third-order valence-electron chi connectivity index (χ3n) is 4.65. The summed E-state index contributed by atoms with van der Waals surface area (Å²) in [5.41, 5.74) is 10.4. The summed E-state index contributed by atoms with van der Waals surface area (Å²) in [5, 5.41) is 3.31. The Hall–Kier alpha value is -3.45. The number of hydrogen-bond donors (Lipinski definition) is 2. The number of carbonyl (C=O) groups is 2. The van der Waals surface area contributed by atoms with Gasteiger partial charge in [-0.25, -0.2) is 4.98 Å². The molecular weight excluding hydrogens is 384 g/mol. The minimum atomic E-state index is -0.572. The molecule has 4 rings (SSSR count). The maximum absolute atomic E-state index is 13.3. The highest BCUT2D eigenvalue weighted by molar-refractivity contribution is 7.16. The molecule has 0 saturated heterocycles. The second kappa shape index (κ2) is 7.18. The van der Waals surface area contributed by atoms with Gasteiger partial charge >= 0.3 is 0 Å². The van der Waals surface area contributed by atoms with Crippen LogP contribution in [0.4, 0.5) is 5.00 Å². The molecule has 3 heterocycles. The van der Waals surface area contributed by atoms with Gasteiger partial charge < -0.3 is 11.1 Å². The van der Waals surface area contributed by atoms with E-state index in [0.29, 0.717) is 27.6 Å². The van der Waals surface area contributed by atoms with Gasteiger partial charge in [-0.05, 0) is 38.5 Å². The number of nitrogens with zero attached hydrogens (tertiary/aromatic N) is 2. The molecule has 0 fully saturated rings. The summed E-state index contributed by atoms with van der Waals surface area (Å²) in [4.78, 5) is 30.7. The van der Waals surface area contributed by atoms with E-state index in [9.17, 15) is 9.59 Å². The first-order valence-corrected chi connectivity index (χ1v) is 9.92. The van der Waals surface area contributed by atoms with Crippen molar-refractivity contribution in [1.29, 1.82) is 0 Å².